The van der Waals surface area contributed by atoms with Crippen LogP contribution in [0.25, 0.3) is 21.8 Å². The number of hydrogen-bond donors (Lipinski definition) is 1. The molecule has 32 heavy (non-hydrogen) atoms. The van der Waals surface area contributed by atoms with Gasteiger partial charge in [0.2, 0.25) is 5.95 Å². The standard InChI is InChI=1S/C24H26N3O4P/c1-4-30-32(29,31-5-2)16-17-10-12-19(13-11-17)23(28)26-24-25-21-15-14-18-8-6-7-9-20(18)22(21)27(24)3/h6-15H,4-5,16H2,1-3H3,(H,25,26,28). The summed E-state index contributed by atoms with van der Waals surface area (Å²) in [5.74, 6) is 0.208. The Morgan fingerprint density at radius 2 is 1.69 bits per heavy atom. The lowest BCUT2D eigenvalue weighted by Gasteiger charge is -2.17. The van der Waals surface area contributed by atoms with Gasteiger partial charge in [-0.1, -0.05) is 42.5 Å². The molecule has 1 aromatic heterocycles. The van der Waals surface area contributed by atoms with Crippen molar-refractivity contribution >= 4 is 41.3 Å². The van der Waals surface area contributed by atoms with E-state index in [2.05, 4.69) is 16.4 Å². The molecule has 0 unspecified atom stereocenters. The third-order valence-electron chi connectivity index (χ3n) is 5.23. The second-order valence-corrected chi connectivity index (χ2v) is 9.46. The minimum atomic E-state index is -3.19. The van der Waals surface area contributed by atoms with Gasteiger partial charge in [0.05, 0.1) is 30.4 Å². The molecule has 0 saturated heterocycles. The zero-order valence-electron chi connectivity index (χ0n) is 18.4. The minimum Gasteiger partial charge on any atom is -0.313 e. The molecule has 4 rings (SSSR count). The van der Waals surface area contributed by atoms with Crippen LogP contribution in [0.5, 0.6) is 0 Å². The molecule has 0 fully saturated rings. The Hall–Kier alpha value is -2.99. The fraction of sp³-hybridized carbons (Fsp3) is 0.250. The molecule has 0 aliphatic carbocycles. The number of anilines is 1. The topological polar surface area (TPSA) is 82.5 Å². The van der Waals surface area contributed by atoms with E-state index in [1.165, 1.54) is 0 Å². The Labute approximate surface area is 186 Å². The third-order valence-corrected chi connectivity index (χ3v) is 7.28. The number of nitrogens with one attached hydrogen (secondary N) is 1. The number of carbonyl (C=O) groups excluding carboxylic acids is 1. The number of amides is 1. The molecule has 3 aromatic carbocycles. The molecule has 0 aliphatic rings. The van der Waals surface area contributed by atoms with Gasteiger partial charge in [0.25, 0.3) is 5.91 Å². The van der Waals surface area contributed by atoms with Crippen molar-refractivity contribution in [2.75, 3.05) is 18.5 Å². The quantitative estimate of drug-likeness (QED) is 0.345. The van der Waals surface area contributed by atoms with Crippen LogP contribution >= 0.6 is 7.60 Å². The van der Waals surface area contributed by atoms with Gasteiger partial charge in [0.1, 0.15) is 0 Å². The third kappa shape index (κ3) is 4.46. The first kappa shape index (κ1) is 22.2. The van der Waals surface area contributed by atoms with Crippen LogP contribution in [0.15, 0.2) is 60.7 Å². The predicted octanol–water partition coefficient (Wildman–Crippen LogP) is 5.74. The van der Waals surface area contributed by atoms with Gasteiger partial charge in [-0.05, 0) is 43.0 Å². The molecule has 7 nitrogen and oxygen atoms in total. The normalized spacial score (nSPS) is 11.8. The zero-order valence-corrected chi connectivity index (χ0v) is 19.3. The highest BCUT2D eigenvalue weighted by Gasteiger charge is 2.24. The van der Waals surface area contributed by atoms with Crippen LogP contribution in [-0.4, -0.2) is 28.7 Å². The Kier molecular flexibility index (Phi) is 6.42. The number of nitrogens with zero attached hydrogens (tertiary/aromatic N) is 2. The SMILES string of the molecule is CCOP(=O)(Cc1ccc(C(=O)Nc2nc3ccc4ccccc4c3n2C)cc1)OCC. The predicted molar refractivity (Wildman–Crippen MR) is 127 cm³/mol. The average molecular weight is 451 g/mol. The molecule has 4 aromatic rings. The van der Waals surface area contributed by atoms with Crippen molar-refractivity contribution in [3.05, 3.63) is 71.8 Å². The Balaban J connectivity index is 1.54. The van der Waals surface area contributed by atoms with Gasteiger partial charge in [0.15, 0.2) is 0 Å². The van der Waals surface area contributed by atoms with Gasteiger partial charge in [-0.25, -0.2) is 4.98 Å². The second-order valence-electron chi connectivity index (χ2n) is 7.40. The van der Waals surface area contributed by atoms with Crippen molar-refractivity contribution in [2.45, 2.75) is 20.0 Å². The van der Waals surface area contributed by atoms with Crippen LogP contribution in [0.2, 0.25) is 0 Å². The highest BCUT2D eigenvalue weighted by molar-refractivity contribution is 7.53. The van der Waals surface area contributed by atoms with Crippen LogP contribution in [0.4, 0.5) is 5.95 Å². The second kappa shape index (κ2) is 9.25. The zero-order chi connectivity index (χ0) is 22.7. The number of fused-ring (bicyclic) bond motifs is 3. The maximum atomic E-state index is 12.8. The van der Waals surface area contributed by atoms with Gasteiger partial charge >= 0.3 is 7.60 Å². The van der Waals surface area contributed by atoms with E-state index in [0.717, 1.165) is 27.4 Å². The number of carbonyl (C=O) groups is 1. The van der Waals surface area contributed by atoms with E-state index >= 15 is 0 Å². The fourth-order valence-corrected chi connectivity index (χ4v) is 5.48. The van der Waals surface area contributed by atoms with E-state index in [4.69, 9.17) is 9.05 Å². The molecule has 1 N–H and O–H groups in total. The van der Waals surface area contributed by atoms with E-state index < -0.39 is 7.60 Å². The maximum Gasteiger partial charge on any atom is 0.335 e. The molecular weight excluding hydrogens is 425 g/mol. The van der Waals surface area contributed by atoms with Crippen molar-refractivity contribution in [1.82, 2.24) is 9.55 Å². The van der Waals surface area contributed by atoms with Crippen LogP contribution in [-0.2, 0) is 26.8 Å². The number of aryl methyl sites for hydroxylation is 1. The first-order valence-corrected chi connectivity index (χ1v) is 12.3. The van der Waals surface area contributed by atoms with E-state index in [0.29, 0.717) is 24.7 Å². The summed E-state index contributed by atoms with van der Waals surface area (Å²) in [5.41, 5.74) is 3.05. The summed E-state index contributed by atoms with van der Waals surface area (Å²) >= 11 is 0. The molecular formula is C24H26N3O4P. The smallest absolute Gasteiger partial charge is 0.313 e. The summed E-state index contributed by atoms with van der Waals surface area (Å²) in [4.78, 5) is 17.4. The van der Waals surface area contributed by atoms with Gasteiger partial charge in [-0.2, -0.15) is 0 Å². The summed E-state index contributed by atoms with van der Waals surface area (Å²) in [6.07, 6.45) is 0.161. The number of benzene rings is 3. The summed E-state index contributed by atoms with van der Waals surface area (Å²) in [7, 11) is -1.30. The van der Waals surface area contributed by atoms with Gasteiger partial charge in [-0.15, -0.1) is 0 Å². The molecule has 1 heterocycles. The molecule has 0 aliphatic heterocycles. The molecule has 166 valence electrons. The lowest BCUT2D eigenvalue weighted by molar-refractivity contribution is 0.102. The fourth-order valence-electron chi connectivity index (χ4n) is 3.77. The van der Waals surface area contributed by atoms with E-state index in [1.807, 2.05) is 41.9 Å². The molecule has 0 spiro atoms. The highest BCUT2D eigenvalue weighted by atomic mass is 31.2. The van der Waals surface area contributed by atoms with Crippen molar-refractivity contribution in [2.24, 2.45) is 7.05 Å². The van der Waals surface area contributed by atoms with Crippen LogP contribution < -0.4 is 5.32 Å². The van der Waals surface area contributed by atoms with Gasteiger partial charge in [0, 0.05) is 18.0 Å². The molecule has 1 amide bonds. The Morgan fingerprint density at radius 3 is 2.38 bits per heavy atom. The Morgan fingerprint density at radius 1 is 1.00 bits per heavy atom. The van der Waals surface area contributed by atoms with Crippen LogP contribution in [0.1, 0.15) is 29.8 Å². The monoisotopic (exact) mass is 451 g/mol. The van der Waals surface area contributed by atoms with Crippen LogP contribution in [0, 0.1) is 0 Å². The Bertz CT molecular complexity index is 1300. The van der Waals surface area contributed by atoms with Gasteiger partial charge in [-0.3, -0.25) is 14.7 Å². The van der Waals surface area contributed by atoms with Crippen molar-refractivity contribution in [1.29, 1.82) is 0 Å². The van der Waals surface area contributed by atoms with Gasteiger partial charge < -0.3 is 13.6 Å². The minimum absolute atomic E-state index is 0.161. The molecule has 0 radical (unpaired) electrons. The summed E-state index contributed by atoms with van der Waals surface area (Å²) in [6.45, 7) is 4.18. The lowest BCUT2D eigenvalue weighted by Crippen LogP contribution is -2.15. The molecule has 8 heteroatoms. The highest BCUT2D eigenvalue weighted by Crippen LogP contribution is 2.51. The van der Waals surface area contributed by atoms with E-state index in [9.17, 15) is 9.36 Å². The van der Waals surface area contributed by atoms with Crippen molar-refractivity contribution < 1.29 is 18.4 Å². The summed E-state index contributed by atoms with van der Waals surface area (Å²) in [6, 6.07) is 19.0. The van der Waals surface area contributed by atoms with Crippen molar-refractivity contribution in [3.8, 4) is 0 Å². The number of rotatable bonds is 8. The number of aromatic nitrogens is 2. The van der Waals surface area contributed by atoms with E-state index in [-0.39, 0.29) is 12.1 Å². The molecule has 0 atom stereocenters. The average Bonchev–Trinajstić information content (AvgIpc) is 3.10. The number of hydrogen-bond acceptors (Lipinski definition) is 5. The largest absolute Gasteiger partial charge is 0.335 e. The molecule has 0 bridgehead atoms. The van der Waals surface area contributed by atoms with Crippen molar-refractivity contribution in [3.63, 3.8) is 0 Å². The maximum absolute atomic E-state index is 12.8. The van der Waals surface area contributed by atoms with E-state index in [1.54, 1.807) is 38.1 Å². The number of imidazole rings is 1. The van der Waals surface area contributed by atoms with Crippen LogP contribution in [0.3, 0.4) is 0 Å². The summed E-state index contributed by atoms with van der Waals surface area (Å²) in [5, 5.41) is 5.10. The summed E-state index contributed by atoms with van der Waals surface area (Å²) < 4.78 is 25.3. The lowest BCUT2D eigenvalue weighted by atomic mass is 10.1. The first-order chi connectivity index (χ1) is 15.4. The molecule has 0 saturated carbocycles. The first-order valence-electron chi connectivity index (χ1n) is 10.6.